The van der Waals surface area contributed by atoms with Crippen LogP contribution in [0.5, 0.6) is 0 Å². The highest BCUT2D eigenvalue weighted by Crippen LogP contribution is 2.23. The van der Waals surface area contributed by atoms with E-state index in [0.717, 1.165) is 57.8 Å². The number of aromatic amines is 1. The van der Waals surface area contributed by atoms with E-state index < -0.39 is 0 Å². The van der Waals surface area contributed by atoms with E-state index in [9.17, 15) is 9.59 Å². The zero-order valence-corrected chi connectivity index (χ0v) is 15.3. The van der Waals surface area contributed by atoms with Crippen molar-refractivity contribution in [3.05, 3.63) is 22.6 Å². The molecule has 1 aromatic rings. The maximum Gasteiger partial charge on any atom is 0.266 e. The van der Waals surface area contributed by atoms with Gasteiger partial charge in [-0.25, -0.2) is 5.10 Å². The Labute approximate surface area is 149 Å². The molecule has 7 nitrogen and oxygen atoms in total. The lowest BCUT2D eigenvalue weighted by Gasteiger charge is -2.39. The second-order valence-electron chi connectivity index (χ2n) is 7.61. The number of anilines is 1. The molecule has 0 aliphatic carbocycles. The van der Waals surface area contributed by atoms with E-state index in [1.54, 1.807) is 12.3 Å². The third-order valence-corrected chi connectivity index (χ3v) is 5.09. The summed E-state index contributed by atoms with van der Waals surface area (Å²) in [6.45, 7) is 10.7. The Morgan fingerprint density at radius 3 is 2.72 bits per heavy atom. The molecule has 25 heavy (non-hydrogen) atoms. The third-order valence-electron chi connectivity index (χ3n) is 5.09. The number of nitrogens with one attached hydrogen (secondary N) is 1. The first-order valence-electron chi connectivity index (χ1n) is 9.34. The van der Waals surface area contributed by atoms with Crippen LogP contribution in [0.2, 0.25) is 0 Å². The molecule has 1 amide bonds. The second-order valence-corrected chi connectivity index (χ2v) is 7.61. The van der Waals surface area contributed by atoms with Crippen LogP contribution >= 0.6 is 0 Å². The Morgan fingerprint density at radius 2 is 2.04 bits per heavy atom. The number of rotatable bonds is 4. The molecule has 0 unspecified atom stereocenters. The molecule has 0 bridgehead atoms. The van der Waals surface area contributed by atoms with Gasteiger partial charge in [-0.3, -0.25) is 14.5 Å². The molecule has 2 aliphatic rings. The Kier molecular flexibility index (Phi) is 5.73. The second kappa shape index (κ2) is 7.99. The summed E-state index contributed by atoms with van der Waals surface area (Å²) < 4.78 is 0. The van der Waals surface area contributed by atoms with Crippen LogP contribution in [0.1, 0.15) is 26.7 Å². The van der Waals surface area contributed by atoms with Crippen molar-refractivity contribution in [1.82, 2.24) is 20.0 Å². The van der Waals surface area contributed by atoms with Crippen LogP contribution in [-0.2, 0) is 4.79 Å². The highest BCUT2D eigenvalue weighted by molar-refractivity contribution is 5.80. The van der Waals surface area contributed by atoms with Gasteiger partial charge in [-0.1, -0.05) is 13.8 Å². The summed E-state index contributed by atoms with van der Waals surface area (Å²) in [7, 11) is 0. The SMILES string of the molecule is CC(C)CN1CCN(C(=O)[C@H]2CCCN(c3cn[nH]c(=O)c3)C2)CC1. The van der Waals surface area contributed by atoms with Crippen LogP contribution in [-0.4, -0.2) is 71.7 Å². The number of nitrogens with zero attached hydrogens (tertiary/aromatic N) is 4. The molecule has 3 rings (SSSR count). The monoisotopic (exact) mass is 347 g/mol. The van der Waals surface area contributed by atoms with Crippen LogP contribution in [0.4, 0.5) is 5.69 Å². The predicted octanol–water partition coefficient (Wildman–Crippen LogP) is 0.787. The molecule has 0 saturated carbocycles. The topological polar surface area (TPSA) is 72.5 Å². The van der Waals surface area contributed by atoms with Crippen LogP contribution in [0.3, 0.4) is 0 Å². The Bertz CT molecular complexity index is 636. The molecule has 138 valence electrons. The molecular formula is C18H29N5O2. The van der Waals surface area contributed by atoms with Gasteiger partial charge in [0, 0.05) is 51.9 Å². The van der Waals surface area contributed by atoms with Crippen LogP contribution in [0.25, 0.3) is 0 Å². The van der Waals surface area contributed by atoms with E-state index in [1.807, 2.05) is 4.90 Å². The van der Waals surface area contributed by atoms with E-state index in [4.69, 9.17) is 0 Å². The highest BCUT2D eigenvalue weighted by Gasteiger charge is 2.31. The number of aromatic nitrogens is 2. The van der Waals surface area contributed by atoms with Crippen molar-refractivity contribution < 1.29 is 4.79 Å². The number of carbonyl (C=O) groups is 1. The standard InChI is InChI=1S/C18H29N5O2/c1-14(2)12-21-6-8-22(9-7-21)18(25)15-4-3-5-23(13-15)16-10-17(24)20-19-11-16/h10-11,14-15H,3-9,12-13H2,1-2H3,(H,20,24)/t15-/m0/s1. The molecule has 2 saturated heterocycles. The minimum Gasteiger partial charge on any atom is -0.369 e. The molecule has 0 spiro atoms. The van der Waals surface area contributed by atoms with Gasteiger partial charge in [0.25, 0.3) is 5.56 Å². The molecule has 1 N–H and O–H groups in total. The minimum atomic E-state index is -0.202. The van der Waals surface area contributed by atoms with Gasteiger partial charge in [0.05, 0.1) is 17.8 Å². The first-order chi connectivity index (χ1) is 12.0. The van der Waals surface area contributed by atoms with Crippen LogP contribution in [0.15, 0.2) is 17.1 Å². The van der Waals surface area contributed by atoms with Gasteiger partial charge >= 0.3 is 0 Å². The molecule has 0 radical (unpaired) electrons. The first-order valence-corrected chi connectivity index (χ1v) is 9.34. The molecule has 1 aromatic heterocycles. The Morgan fingerprint density at radius 1 is 1.28 bits per heavy atom. The van der Waals surface area contributed by atoms with E-state index in [2.05, 4.69) is 33.8 Å². The fraction of sp³-hybridized carbons (Fsp3) is 0.722. The number of piperidine rings is 1. The van der Waals surface area contributed by atoms with Crippen molar-refractivity contribution >= 4 is 11.6 Å². The van der Waals surface area contributed by atoms with Gasteiger partial charge in [0.1, 0.15) is 0 Å². The summed E-state index contributed by atoms with van der Waals surface area (Å²) in [5, 5.41) is 6.27. The summed E-state index contributed by atoms with van der Waals surface area (Å²) in [4.78, 5) is 31.0. The number of hydrogen-bond donors (Lipinski definition) is 1. The summed E-state index contributed by atoms with van der Waals surface area (Å²) in [5.41, 5.74) is 0.607. The van der Waals surface area contributed by atoms with Crippen LogP contribution < -0.4 is 10.5 Å². The average Bonchev–Trinajstić information content (AvgIpc) is 2.61. The molecular weight excluding hydrogens is 318 g/mol. The summed E-state index contributed by atoms with van der Waals surface area (Å²) >= 11 is 0. The van der Waals surface area contributed by atoms with Crippen molar-refractivity contribution in [2.24, 2.45) is 11.8 Å². The van der Waals surface area contributed by atoms with E-state index >= 15 is 0 Å². The smallest absolute Gasteiger partial charge is 0.266 e. The average molecular weight is 347 g/mol. The first kappa shape index (κ1) is 17.9. The van der Waals surface area contributed by atoms with Crippen molar-refractivity contribution in [1.29, 1.82) is 0 Å². The molecule has 0 aromatic carbocycles. The summed E-state index contributed by atoms with van der Waals surface area (Å²) in [6, 6.07) is 1.56. The predicted molar refractivity (Wildman–Crippen MR) is 97.7 cm³/mol. The molecule has 2 fully saturated rings. The number of H-pyrrole nitrogens is 1. The quantitative estimate of drug-likeness (QED) is 0.872. The van der Waals surface area contributed by atoms with Gasteiger partial charge in [0.2, 0.25) is 5.91 Å². The summed E-state index contributed by atoms with van der Waals surface area (Å²) in [5.74, 6) is 0.952. The van der Waals surface area contributed by atoms with E-state index in [0.29, 0.717) is 12.5 Å². The molecule has 3 heterocycles. The molecule has 1 atom stereocenters. The lowest BCUT2D eigenvalue weighted by atomic mass is 9.96. The number of hydrogen-bond acceptors (Lipinski definition) is 5. The number of piperazine rings is 1. The third kappa shape index (κ3) is 4.60. The van der Waals surface area contributed by atoms with E-state index in [-0.39, 0.29) is 17.4 Å². The van der Waals surface area contributed by atoms with Gasteiger partial charge in [0.15, 0.2) is 0 Å². The largest absolute Gasteiger partial charge is 0.369 e. The Balaban J connectivity index is 1.56. The van der Waals surface area contributed by atoms with Crippen molar-refractivity contribution in [3.63, 3.8) is 0 Å². The van der Waals surface area contributed by atoms with Gasteiger partial charge in [-0.15, -0.1) is 0 Å². The normalized spacial score (nSPS) is 22.4. The van der Waals surface area contributed by atoms with Gasteiger partial charge in [-0.2, -0.15) is 5.10 Å². The zero-order valence-electron chi connectivity index (χ0n) is 15.3. The maximum absolute atomic E-state index is 12.9. The fourth-order valence-corrected chi connectivity index (χ4v) is 3.88. The lowest BCUT2D eigenvalue weighted by Crippen LogP contribution is -2.53. The highest BCUT2D eigenvalue weighted by atomic mass is 16.2. The van der Waals surface area contributed by atoms with Gasteiger partial charge in [-0.05, 0) is 18.8 Å². The van der Waals surface area contributed by atoms with Crippen molar-refractivity contribution in [2.75, 3.05) is 50.7 Å². The fourth-order valence-electron chi connectivity index (χ4n) is 3.88. The van der Waals surface area contributed by atoms with Crippen molar-refractivity contribution in [2.45, 2.75) is 26.7 Å². The van der Waals surface area contributed by atoms with Crippen molar-refractivity contribution in [3.8, 4) is 0 Å². The minimum absolute atomic E-state index is 0.0182. The summed E-state index contributed by atoms with van der Waals surface area (Å²) in [6.07, 6.45) is 3.56. The molecule has 7 heteroatoms. The van der Waals surface area contributed by atoms with E-state index in [1.165, 1.54) is 0 Å². The number of carbonyl (C=O) groups excluding carboxylic acids is 1. The maximum atomic E-state index is 12.9. The van der Waals surface area contributed by atoms with Gasteiger partial charge < -0.3 is 9.80 Å². The van der Waals surface area contributed by atoms with Crippen LogP contribution in [0, 0.1) is 11.8 Å². The number of amides is 1. The Hall–Kier alpha value is -1.89. The molecule has 2 aliphatic heterocycles. The zero-order chi connectivity index (χ0) is 17.8. The lowest BCUT2D eigenvalue weighted by molar-refractivity contribution is -0.137.